The number of fused-ring (bicyclic) bond motifs is 1. The Morgan fingerprint density at radius 2 is 2.04 bits per heavy atom. The SMILES string of the molecule is COCCN(CC(C)C)C(=O)c1oc2ccc(OC)cc2c1C. The van der Waals surface area contributed by atoms with Gasteiger partial charge in [-0.05, 0) is 31.0 Å². The van der Waals surface area contributed by atoms with Crippen LogP contribution in [0.25, 0.3) is 11.0 Å². The number of aryl methyl sites for hydroxylation is 1. The number of carbonyl (C=O) groups excluding carboxylic acids is 1. The molecular formula is C18H25NO4. The molecule has 0 radical (unpaired) electrons. The first-order valence-corrected chi connectivity index (χ1v) is 7.83. The molecule has 1 aromatic carbocycles. The van der Waals surface area contributed by atoms with E-state index in [2.05, 4.69) is 13.8 Å². The molecule has 0 aliphatic rings. The van der Waals surface area contributed by atoms with Gasteiger partial charge in [0.2, 0.25) is 0 Å². The van der Waals surface area contributed by atoms with Crippen LogP contribution in [0.5, 0.6) is 5.75 Å². The third-order valence-electron chi connectivity index (χ3n) is 3.78. The molecular weight excluding hydrogens is 294 g/mol. The van der Waals surface area contributed by atoms with Gasteiger partial charge < -0.3 is 18.8 Å². The predicted molar refractivity (Wildman–Crippen MR) is 90.1 cm³/mol. The number of hydrogen-bond donors (Lipinski definition) is 0. The second-order valence-corrected chi connectivity index (χ2v) is 6.06. The zero-order chi connectivity index (χ0) is 17.0. The minimum atomic E-state index is -0.0941. The molecule has 0 fully saturated rings. The van der Waals surface area contributed by atoms with E-state index in [-0.39, 0.29) is 5.91 Å². The second kappa shape index (κ2) is 7.51. The molecule has 0 saturated heterocycles. The molecule has 0 saturated carbocycles. The van der Waals surface area contributed by atoms with E-state index < -0.39 is 0 Å². The van der Waals surface area contributed by atoms with E-state index in [0.717, 1.165) is 16.7 Å². The van der Waals surface area contributed by atoms with Gasteiger partial charge in [-0.1, -0.05) is 13.8 Å². The summed E-state index contributed by atoms with van der Waals surface area (Å²) in [7, 11) is 3.26. The van der Waals surface area contributed by atoms with E-state index in [4.69, 9.17) is 13.9 Å². The van der Waals surface area contributed by atoms with Crippen molar-refractivity contribution in [2.75, 3.05) is 33.9 Å². The molecule has 0 unspecified atom stereocenters. The van der Waals surface area contributed by atoms with Gasteiger partial charge in [-0.2, -0.15) is 0 Å². The van der Waals surface area contributed by atoms with Gasteiger partial charge in [-0.25, -0.2) is 0 Å². The van der Waals surface area contributed by atoms with Gasteiger partial charge in [-0.3, -0.25) is 4.79 Å². The Morgan fingerprint density at radius 1 is 1.30 bits per heavy atom. The van der Waals surface area contributed by atoms with Crippen LogP contribution < -0.4 is 4.74 Å². The molecule has 1 heterocycles. The van der Waals surface area contributed by atoms with E-state index in [1.807, 2.05) is 25.1 Å². The zero-order valence-corrected chi connectivity index (χ0v) is 14.5. The van der Waals surface area contributed by atoms with Crippen LogP contribution in [0.4, 0.5) is 0 Å². The number of methoxy groups -OCH3 is 2. The Kier molecular flexibility index (Phi) is 5.66. The third-order valence-corrected chi connectivity index (χ3v) is 3.78. The molecule has 23 heavy (non-hydrogen) atoms. The van der Waals surface area contributed by atoms with Gasteiger partial charge in [0.15, 0.2) is 5.76 Å². The van der Waals surface area contributed by atoms with Crippen LogP contribution in [0.3, 0.4) is 0 Å². The highest BCUT2D eigenvalue weighted by Gasteiger charge is 2.24. The lowest BCUT2D eigenvalue weighted by molar-refractivity contribution is 0.0643. The Bertz CT molecular complexity index is 675. The molecule has 1 amide bonds. The molecule has 0 spiro atoms. The van der Waals surface area contributed by atoms with Gasteiger partial charge in [0.05, 0.1) is 13.7 Å². The Balaban J connectivity index is 2.36. The number of nitrogens with zero attached hydrogens (tertiary/aromatic N) is 1. The molecule has 0 atom stereocenters. The standard InChI is InChI=1S/C18H25NO4/c1-12(2)11-19(8-9-21-4)18(20)17-13(3)15-10-14(22-5)6-7-16(15)23-17/h6-7,10,12H,8-9,11H2,1-5H3. The van der Waals surface area contributed by atoms with Crippen LogP contribution in [0, 0.1) is 12.8 Å². The minimum Gasteiger partial charge on any atom is -0.497 e. The first kappa shape index (κ1) is 17.3. The van der Waals surface area contributed by atoms with Crippen molar-refractivity contribution in [2.45, 2.75) is 20.8 Å². The molecule has 5 nitrogen and oxygen atoms in total. The summed E-state index contributed by atoms with van der Waals surface area (Å²) in [5, 5.41) is 0.906. The first-order valence-electron chi connectivity index (χ1n) is 7.83. The van der Waals surface area contributed by atoms with E-state index in [1.54, 1.807) is 19.1 Å². The van der Waals surface area contributed by atoms with E-state index in [9.17, 15) is 4.79 Å². The number of rotatable bonds is 7. The lowest BCUT2D eigenvalue weighted by Gasteiger charge is -2.23. The predicted octanol–water partition coefficient (Wildman–Crippen LogP) is 3.49. The number of ether oxygens (including phenoxy) is 2. The second-order valence-electron chi connectivity index (χ2n) is 6.06. The average Bonchev–Trinajstić information content (AvgIpc) is 2.86. The highest BCUT2D eigenvalue weighted by Crippen LogP contribution is 2.29. The van der Waals surface area contributed by atoms with Crippen LogP contribution in [-0.4, -0.2) is 44.7 Å². The lowest BCUT2D eigenvalue weighted by atomic mass is 10.1. The molecule has 0 N–H and O–H groups in total. The molecule has 0 aliphatic heterocycles. The number of carbonyl (C=O) groups is 1. The molecule has 1 aromatic heterocycles. The van der Waals surface area contributed by atoms with Crippen LogP contribution in [-0.2, 0) is 4.74 Å². The molecule has 126 valence electrons. The fraction of sp³-hybridized carbons (Fsp3) is 0.500. The van der Waals surface area contributed by atoms with Crippen molar-refractivity contribution >= 4 is 16.9 Å². The quantitative estimate of drug-likeness (QED) is 0.784. The monoisotopic (exact) mass is 319 g/mol. The van der Waals surface area contributed by atoms with Gasteiger partial charge >= 0.3 is 0 Å². The van der Waals surface area contributed by atoms with Crippen LogP contribution in [0.1, 0.15) is 30.0 Å². The summed E-state index contributed by atoms with van der Waals surface area (Å²) in [6.07, 6.45) is 0. The summed E-state index contributed by atoms with van der Waals surface area (Å²) >= 11 is 0. The maximum Gasteiger partial charge on any atom is 0.289 e. The summed E-state index contributed by atoms with van der Waals surface area (Å²) in [4.78, 5) is 14.7. The third kappa shape index (κ3) is 3.85. The normalized spacial score (nSPS) is 11.2. The number of amides is 1. The van der Waals surface area contributed by atoms with Crippen molar-refractivity contribution in [3.05, 3.63) is 29.5 Å². The maximum absolute atomic E-state index is 12.9. The molecule has 5 heteroatoms. The van der Waals surface area contributed by atoms with Crippen molar-refractivity contribution < 1.29 is 18.7 Å². The summed E-state index contributed by atoms with van der Waals surface area (Å²) < 4.78 is 16.2. The average molecular weight is 319 g/mol. The number of hydrogen-bond acceptors (Lipinski definition) is 4. The van der Waals surface area contributed by atoms with Crippen LogP contribution in [0.15, 0.2) is 22.6 Å². The minimum absolute atomic E-state index is 0.0941. The number of benzene rings is 1. The van der Waals surface area contributed by atoms with E-state index in [0.29, 0.717) is 37.0 Å². The summed E-state index contributed by atoms with van der Waals surface area (Å²) in [6.45, 7) is 7.80. The molecule has 2 rings (SSSR count). The fourth-order valence-corrected chi connectivity index (χ4v) is 2.59. The van der Waals surface area contributed by atoms with Gasteiger partial charge in [0.1, 0.15) is 11.3 Å². The topological polar surface area (TPSA) is 51.9 Å². The van der Waals surface area contributed by atoms with Gasteiger partial charge in [0, 0.05) is 31.1 Å². The zero-order valence-electron chi connectivity index (χ0n) is 14.5. The summed E-state index contributed by atoms with van der Waals surface area (Å²) in [5.41, 5.74) is 1.54. The molecule has 0 aliphatic carbocycles. The van der Waals surface area contributed by atoms with Crippen molar-refractivity contribution in [1.29, 1.82) is 0 Å². The highest BCUT2D eigenvalue weighted by atomic mass is 16.5. The van der Waals surface area contributed by atoms with E-state index in [1.165, 1.54) is 0 Å². The van der Waals surface area contributed by atoms with Crippen molar-refractivity contribution in [2.24, 2.45) is 5.92 Å². The highest BCUT2D eigenvalue weighted by molar-refractivity contribution is 5.99. The van der Waals surface area contributed by atoms with Crippen molar-refractivity contribution in [3.63, 3.8) is 0 Å². The maximum atomic E-state index is 12.9. The van der Waals surface area contributed by atoms with Crippen LogP contribution >= 0.6 is 0 Å². The Morgan fingerprint density at radius 3 is 2.65 bits per heavy atom. The molecule has 2 aromatic rings. The first-order chi connectivity index (χ1) is 11.0. The lowest BCUT2D eigenvalue weighted by Crippen LogP contribution is -2.36. The fourth-order valence-electron chi connectivity index (χ4n) is 2.59. The summed E-state index contributed by atoms with van der Waals surface area (Å²) in [6, 6.07) is 5.56. The Hall–Kier alpha value is -2.01. The van der Waals surface area contributed by atoms with Crippen molar-refractivity contribution in [3.8, 4) is 5.75 Å². The van der Waals surface area contributed by atoms with Gasteiger partial charge in [-0.15, -0.1) is 0 Å². The Labute approximate surface area is 137 Å². The summed E-state index contributed by atoms with van der Waals surface area (Å²) in [5.74, 6) is 1.42. The van der Waals surface area contributed by atoms with Crippen molar-refractivity contribution in [1.82, 2.24) is 4.90 Å². The smallest absolute Gasteiger partial charge is 0.289 e. The largest absolute Gasteiger partial charge is 0.497 e. The van der Waals surface area contributed by atoms with Crippen LogP contribution in [0.2, 0.25) is 0 Å². The number of furan rings is 1. The van der Waals surface area contributed by atoms with Gasteiger partial charge in [0.25, 0.3) is 5.91 Å². The molecule has 0 bridgehead atoms. The van der Waals surface area contributed by atoms with E-state index >= 15 is 0 Å².